The summed E-state index contributed by atoms with van der Waals surface area (Å²) in [6.07, 6.45) is 0. The largest absolute Gasteiger partial charge is 0.383 e. The van der Waals surface area contributed by atoms with Gasteiger partial charge in [0.1, 0.15) is 0 Å². The lowest BCUT2D eigenvalue weighted by Crippen LogP contribution is -2.43. The van der Waals surface area contributed by atoms with Gasteiger partial charge in [0.05, 0.1) is 19.3 Å². The van der Waals surface area contributed by atoms with E-state index in [0.29, 0.717) is 25.8 Å². The van der Waals surface area contributed by atoms with Crippen LogP contribution in [-0.4, -0.2) is 51.5 Å². The highest BCUT2D eigenvalue weighted by molar-refractivity contribution is 9.10. The van der Waals surface area contributed by atoms with Crippen molar-refractivity contribution in [2.75, 3.05) is 40.5 Å². The third kappa shape index (κ3) is 4.81. The Bertz CT molecular complexity index is 362. The molecule has 0 aliphatic carbocycles. The molecule has 1 aromatic rings. The summed E-state index contributed by atoms with van der Waals surface area (Å²) >= 11 is 5.33. The van der Waals surface area contributed by atoms with Gasteiger partial charge in [-0.3, -0.25) is 4.90 Å². The molecular weight excluding hydrogens is 328 g/mol. The summed E-state index contributed by atoms with van der Waals surface area (Å²) in [5, 5.41) is 2.08. The quantitative estimate of drug-likeness (QED) is 0.743. The van der Waals surface area contributed by atoms with Crippen molar-refractivity contribution in [1.29, 1.82) is 0 Å². The summed E-state index contributed by atoms with van der Waals surface area (Å²) in [7, 11) is 3.45. The fraction of sp³-hybridized carbons (Fsp3) is 0.692. The van der Waals surface area contributed by atoms with Gasteiger partial charge in [-0.15, -0.1) is 11.3 Å². The second-order valence-electron chi connectivity index (χ2n) is 4.42. The molecule has 0 aromatic carbocycles. The Morgan fingerprint density at radius 1 is 1.42 bits per heavy atom. The van der Waals surface area contributed by atoms with Gasteiger partial charge in [-0.2, -0.15) is 0 Å². The molecule has 0 aliphatic heterocycles. The van der Waals surface area contributed by atoms with E-state index in [1.54, 1.807) is 25.6 Å². The minimum atomic E-state index is 0.190. The zero-order valence-electron chi connectivity index (χ0n) is 11.8. The average Bonchev–Trinajstić information content (AvgIpc) is 2.81. The summed E-state index contributed by atoms with van der Waals surface area (Å²) in [5.41, 5.74) is 6.00. The van der Waals surface area contributed by atoms with E-state index in [-0.39, 0.29) is 6.04 Å². The Labute approximate surface area is 128 Å². The van der Waals surface area contributed by atoms with E-state index >= 15 is 0 Å². The van der Waals surface area contributed by atoms with E-state index in [2.05, 4.69) is 39.2 Å². The third-order valence-electron chi connectivity index (χ3n) is 3.10. The van der Waals surface area contributed by atoms with Gasteiger partial charge in [0.25, 0.3) is 0 Å². The molecule has 0 spiro atoms. The molecule has 1 heterocycles. The smallest absolute Gasteiger partial charge is 0.0615 e. The summed E-state index contributed by atoms with van der Waals surface area (Å²) in [6, 6.07) is 2.55. The molecule has 0 bridgehead atoms. The Hall–Kier alpha value is 0.0200. The molecule has 110 valence electrons. The zero-order chi connectivity index (χ0) is 14.3. The highest BCUT2D eigenvalue weighted by Crippen LogP contribution is 2.33. The first-order chi connectivity index (χ1) is 9.15. The van der Waals surface area contributed by atoms with E-state index in [4.69, 9.17) is 15.2 Å². The van der Waals surface area contributed by atoms with Crippen molar-refractivity contribution in [3.05, 3.63) is 20.8 Å². The third-order valence-corrected chi connectivity index (χ3v) is 5.07. The number of halogens is 1. The summed E-state index contributed by atoms with van der Waals surface area (Å²) < 4.78 is 11.6. The van der Waals surface area contributed by atoms with Gasteiger partial charge < -0.3 is 15.2 Å². The highest BCUT2D eigenvalue weighted by Gasteiger charge is 2.26. The molecule has 1 aromatic heterocycles. The molecule has 0 radical (unpaired) electrons. The van der Waals surface area contributed by atoms with Crippen molar-refractivity contribution in [3.63, 3.8) is 0 Å². The molecule has 0 saturated carbocycles. The van der Waals surface area contributed by atoms with Crippen LogP contribution in [0.25, 0.3) is 0 Å². The minimum absolute atomic E-state index is 0.190. The number of ether oxygens (including phenoxy) is 2. The van der Waals surface area contributed by atoms with Crippen molar-refractivity contribution in [2.45, 2.75) is 19.0 Å². The highest BCUT2D eigenvalue weighted by atomic mass is 79.9. The summed E-state index contributed by atoms with van der Waals surface area (Å²) in [4.78, 5) is 3.62. The van der Waals surface area contributed by atoms with E-state index in [9.17, 15) is 0 Å². The molecule has 0 aliphatic rings. The second kappa shape index (κ2) is 9.05. The van der Waals surface area contributed by atoms with Crippen LogP contribution >= 0.6 is 27.3 Å². The maximum atomic E-state index is 6.00. The number of rotatable bonds is 9. The van der Waals surface area contributed by atoms with Crippen LogP contribution < -0.4 is 5.73 Å². The summed E-state index contributed by atoms with van der Waals surface area (Å²) in [5.74, 6) is 0. The molecule has 1 rings (SSSR count). The van der Waals surface area contributed by atoms with Gasteiger partial charge in [-0.25, -0.2) is 0 Å². The Kier molecular flexibility index (Phi) is 8.13. The van der Waals surface area contributed by atoms with Crippen molar-refractivity contribution in [2.24, 2.45) is 5.73 Å². The van der Waals surface area contributed by atoms with Crippen LogP contribution in [0.3, 0.4) is 0 Å². The number of nitrogens with zero attached hydrogens (tertiary/aromatic N) is 1. The Morgan fingerprint density at radius 2 is 2.16 bits per heavy atom. The number of thiophene rings is 1. The molecule has 0 saturated heterocycles. The fourth-order valence-electron chi connectivity index (χ4n) is 2.15. The van der Waals surface area contributed by atoms with Crippen LogP contribution in [0, 0.1) is 0 Å². The predicted octanol–water partition coefficient (Wildman–Crippen LogP) is 2.49. The normalized spacial score (nSPS) is 14.8. The van der Waals surface area contributed by atoms with E-state index < -0.39 is 0 Å². The lowest BCUT2D eigenvalue weighted by Gasteiger charge is -2.35. The molecule has 6 heteroatoms. The van der Waals surface area contributed by atoms with E-state index in [1.165, 1.54) is 4.88 Å². The number of hydrogen-bond acceptors (Lipinski definition) is 5. The molecule has 2 N–H and O–H groups in total. The molecule has 4 nitrogen and oxygen atoms in total. The van der Waals surface area contributed by atoms with Crippen LogP contribution in [0.5, 0.6) is 0 Å². The fourth-order valence-corrected chi connectivity index (χ4v) is 3.93. The van der Waals surface area contributed by atoms with Gasteiger partial charge >= 0.3 is 0 Å². The predicted molar refractivity (Wildman–Crippen MR) is 83.7 cm³/mol. The number of nitrogens with two attached hydrogens (primary N) is 1. The topological polar surface area (TPSA) is 47.7 Å². The van der Waals surface area contributed by atoms with Gasteiger partial charge in [0.15, 0.2) is 0 Å². The first kappa shape index (κ1) is 17.1. The zero-order valence-corrected chi connectivity index (χ0v) is 14.2. The SMILES string of the molecule is COCCN(C(C)COC)C(CN)c1sccc1Br. The van der Waals surface area contributed by atoms with Crippen LogP contribution in [-0.2, 0) is 9.47 Å². The molecule has 19 heavy (non-hydrogen) atoms. The van der Waals surface area contributed by atoms with E-state index in [1.807, 2.05) is 0 Å². The van der Waals surface area contributed by atoms with Gasteiger partial charge in [0.2, 0.25) is 0 Å². The number of methoxy groups -OCH3 is 2. The van der Waals surface area contributed by atoms with Gasteiger partial charge in [0, 0.05) is 42.7 Å². The standard InChI is InChI=1S/C13H23BrN2O2S/c1-10(9-18-3)16(5-6-17-2)12(8-15)13-11(14)4-7-19-13/h4,7,10,12H,5-6,8-9,15H2,1-3H3. The molecule has 0 fully saturated rings. The lowest BCUT2D eigenvalue weighted by atomic mass is 10.1. The number of hydrogen-bond donors (Lipinski definition) is 1. The first-order valence-corrected chi connectivity index (χ1v) is 7.99. The van der Waals surface area contributed by atoms with Crippen LogP contribution in [0.1, 0.15) is 17.8 Å². The second-order valence-corrected chi connectivity index (χ2v) is 6.22. The molecule has 0 amide bonds. The van der Waals surface area contributed by atoms with Crippen molar-refractivity contribution >= 4 is 27.3 Å². The first-order valence-electron chi connectivity index (χ1n) is 6.32. The Balaban J connectivity index is 2.89. The Morgan fingerprint density at radius 3 is 2.63 bits per heavy atom. The van der Waals surface area contributed by atoms with Crippen LogP contribution in [0.2, 0.25) is 0 Å². The lowest BCUT2D eigenvalue weighted by molar-refractivity contribution is 0.0494. The molecule has 2 unspecified atom stereocenters. The van der Waals surface area contributed by atoms with E-state index in [0.717, 1.165) is 11.0 Å². The maximum absolute atomic E-state index is 6.00. The molecule has 2 atom stereocenters. The van der Waals surface area contributed by atoms with Gasteiger partial charge in [-0.1, -0.05) is 0 Å². The van der Waals surface area contributed by atoms with Gasteiger partial charge in [-0.05, 0) is 34.3 Å². The maximum Gasteiger partial charge on any atom is 0.0615 e. The van der Waals surface area contributed by atoms with Crippen LogP contribution in [0.15, 0.2) is 15.9 Å². The van der Waals surface area contributed by atoms with Crippen molar-refractivity contribution in [1.82, 2.24) is 4.90 Å². The average molecular weight is 351 g/mol. The summed E-state index contributed by atoms with van der Waals surface area (Å²) in [6.45, 7) is 4.95. The van der Waals surface area contributed by atoms with Crippen LogP contribution in [0.4, 0.5) is 0 Å². The minimum Gasteiger partial charge on any atom is -0.383 e. The van der Waals surface area contributed by atoms with Crippen molar-refractivity contribution in [3.8, 4) is 0 Å². The van der Waals surface area contributed by atoms with Crippen molar-refractivity contribution < 1.29 is 9.47 Å². The molecular formula is C13H23BrN2O2S. The monoisotopic (exact) mass is 350 g/mol.